The maximum absolute atomic E-state index is 13.5. The molecule has 2 aliphatic carbocycles. The van der Waals surface area contributed by atoms with Gasteiger partial charge in [-0.15, -0.1) is 17.6 Å². The number of fused-ring (bicyclic) bond motifs is 6. The molecule has 32 heteroatoms. The van der Waals surface area contributed by atoms with Crippen molar-refractivity contribution < 1.29 is 81.5 Å². The molecule has 620 valence electrons. The van der Waals surface area contributed by atoms with Gasteiger partial charge in [-0.05, 0) is 140 Å². The van der Waals surface area contributed by atoms with Gasteiger partial charge < -0.3 is 68.9 Å². The van der Waals surface area contributed by atoms with Crippen molar-refractivity contribution in [1.29, 1.82) is 21.0 Å². The van der Waals surface area contributed by atoms with Crippen LogP contribution in [-0.4, -0.2) is 115 Å². The van der Waals surface area contributed by atoms with Crippen LogP contribution in [0.15, 0.2) is 109 Å². The summed E-state index contributed by atoms with van der Waals surface area (Å²) in [5.74, 6) is -0.287. The van der Waals surface area contributed by atoms with Crippen LogP contribution in [0.4, 0.5) is 34.6 Å². The number of nitrogens with two attached hydrogens (primary N) is 1. The highest BCUT2D eigenvalue weighted by molar-refractivity contribution is 14.1. The third kappa shape index (κ3) is 20.2. The number of hydrogen-bond donors (Lipinski definition) is 7. The number of carbonyl (C=O) groups is 2. The molecule has 0 unspecified atom stereocenters. The molecule has 0 amide bonds. The van der Waals surface area contributed by atoms with E-state index in [2.05, 4.69) is 105 Å². The van der Waals surface area contributed by atoms with E-state index in [-0.39, 0.29) is 106 Å². The normalized spacial score (nSPS) is 14.6. The smallest absolute Gasteiger partial charge is 0.398 e. The molecular formula is C85H93ClF4IN11O15. The van der Waals surface area contributed by atoms with Gasteiger partial charge in [0.25, 0.3) is 11.4 Å². The molecule has 10 aromatic rings. The van der Waals surface area contributed by atoms with Crippen molar-refractivity contribution >= 4 is 106 Å². The molecule has 0 atom stereocenters. The van der Waals surface area contributed by atoms with Crippen molar-refractivity contribution in [3.63, 3.8) is 0 Å². The highest BCUT2D eigenvalue weighted by Crippen LogP contribution is 2.55. The van der Waals surface area contributed by atoms with Crippen LogP contribution >= 0.6 is 34.2 Å². The Labute approximate surface area is 691 Å². The lowest BCUT2D eigenvalue weighted by Gasteiger charge is -2.21. The Bertz CT molecular complexity index is 5590. The number of nitrogens with one attached hydrogen (secondary N) is 1. The Balaban J connectivity index is 0.000000184. The molecule has 0 saturated heterocycles. The van der Waals surface area contributed by atoms with Crippen LogP contribution in [0, 0.1) is 65.6 Å². The van der Waals surface area contributed by atoms with Gasteiger partial charge in [0, 0.05) is 132 Å². The first-order chi connectivity index (χ1) is 54.8. The van der Waals surface area contributed by atoms with Gasteiger partial charge >= 0.3 is 12.6 Å². The van der Waals surface area contributed by atoms with Gasteiger partial charge in [-0.25, -0.2) is 0 Å². The first-order valence-electron chi connectivity index (χ1n) is 37.2. The molecular weight excluding hydrogens is 1650 g/mol. The van der Waals surface area contributed by atoms with Crippen molar-refractivity contribution in [2.75, 3.05) is 43.2 Å². The Kier molecular flexibility index (Phi) is 28.5. The van der Waals surface area contributed by atoms with Crippen LogP contribution in [0.1, 0.15) is 177 Å². The monoisotopic (exact) mass is 1750 g/mol. The zero-order valence-electron chi connectivity index (χ0n) is 67.0. The summed E-state index contributed by atoms with van der Waals surface area (Å²) >= 11 is 7.62. The van der Waals surface area contributed by atoms with E-state index in [1.165, 1.54) is 36.4 Å². The van der Waals surface area contributed by atoms with E-state index in [0.717, 1.165) is 60.0 Å². The number of aliphatic hydroxyl groups excluding tert-OH is 5. The molecule has 26 nitrogen and oxygen atoms in total. The summed E-state index contributed by atoms with van der Waals surface area (Å²) < 4.78 is 77.0. The summed E-state index contributed by atoms with van der Waals surface area (Å²) in [7, 11) is 0. The third-order valence-electron chi connectivity index (χ3n) is 19.8. The number of alkyl halides is 5. The van der Waals surface area contributed by atoms with Crippen molar-refractivity contribution in [1.82, 2.24) is 18.7 Å². The predicted octanol–water partition coefficient (Wildman–Crippen LogP) is 16.5. The Morgan fingerprint density at radius 3 is 1.24 bits per heavy atom. The Hall–Kier alpha value is -10.9. The van der Waals surface area contributed by atoms with E-state index in [1.54, 1.807) is 43.3 Å². The summed E-state index contributed by atoms with van der Waals surface area (Å²) in [5.41, 5.74) is 14.2. The number of aromatic amines is 1. The second-order valence-corrected chi connectivity index (χ2v) is 33.5. The van der Waals surface area contributed by atoms with Crippen LogP contribution in [-0.2, 0) is 68.1 Å². The maximum Gasteiger partial charge on any atom is 0.586 e. The molecule has 6 heterocycles. The number of ether oxygens (including phenoxy) is 4. The molecule has 6 aromatic carbocycles. The van der Waals surface area contributed by atoms with E-state index in [0.29, 0.717) is 96.2 Å². The summed E-state index contributed by atoms with van der Waals surface area (Å²) in [4.78, 5) is 48.8. The second-order valence-electron chi connectivity index (χ2n) is 32.1. The predicted molar refractivity (Wildman–Crippen MR) is 442 cm³/mol. The number of anilines is 1. The quantitative estimate of drug-likeness (QED) is 0.00953. The van der Waals surface area contributed by atoms with E-state index in [1.807, 2.05) is 99.2 Å². The number of nitrogen functional groups attached to an aromatic ring is 1. The number of nitro groups is 2. The summed E-state index contributed by atoms with van der Waals surface area (Å²) in [6, 6.07) is 38.1. The van der Waals surface area contributed by atoms with E-state index >= 15 is 0 Å². The fraction of sp³-hybridized carbons (Fsp3) is 0.412. The molecule has 4 aromatic heterocycles. The van der Waals surface area contributed by atoms with Gasteiger partial charge in [-0.2, -0.15) is 21.0 Å². The van der Waals surface area contributed by atoms with Gasteiger partial charge in [0.2, 0.25) is 5.24 Å². The van der Waals surface area contributed by atoms with Crippen molar-refractivity contribution in [3.05, 3.63) is 191 Å². The highest BCUT2D eigenvalue weighted by Gasteiger charge is 2.54. The third-order valence-corrected chi connectivity index (χ3v) is 20.7. The average molecular weight is 1750 g/mol. The number of rotatable bonds is 15. The SMILES string of the molecule is CC(C)(C)c1cc2c(C#N)c(CC(=O)C3(c4ccc5c(c4)OC(F)(F)O5)CC3)ccc2n1CCO.CC(C)(C)c1cc2c(C#N)c(N)ccc2n1CCO.CC(C)(C)c1cc2c(C#N)c([N+](=O)[O-])ccc2[nH]1.CC(C)(C)c1cc2c(C#N)c([N+](=O)[O-])ccc2n1CCO.CCO.O=C(Cl)C1(c2ccc3c(c2)OC(F)(F)O3)CC1.OCCI. The number of nitrogens with zero attached hydrogens (tertiary/aromatic N) is 9. The van der Waals surface area contributed by atoms with E-state index in [9.17, 15) is 78.5 Å². The number of nitro benzene ring substituents is 2. The first kappa shape index (κ1) is 91.6. The first-order valence-corrected chi connectivity index (χ1v) is 39.1. The molecule has 2 saturated carbocycles. The van der Waals surface area contributed by atoms with Crippen LogP contribution in [0.25, 0.3) is 43.6 Å². The standard InChI is InChI=1S/C27H26F2N2O4.C15H17N3O3.C15H19N3O.C13H13N3O2.C11H7ClF2O3.C2H5IO.C2H6O/c1-25(2,3)23-14-18-19(15-30)16(4-6-20(18)31(23)10-11-32)12-24(33)26(8-9-26)17-5-7-21-22(13-17)35-27(28,29)34-21;1-15(2,3)14-8-10-11(9-16)13(18(20)21)5-4-12(10)17(14)6-7-19;1-15(2,3)14-8-10-11(9-16)12(17)4-5-13(10)18(14)6-7-19;1-13(2,3)12-6-8-9(7-14)11(16(17)18)5-4-10(8)15-12;12-9(15)10(3-4-10)6-1-2-7-8(5-6)17-11(13,14)16-7;3-1-2-4;1-2-3/h4-7,13-14,32H,8-12H2,1-3H3;4-5,8,19H,6-7H2,1-3H3;4-5,8,19H,6-7,17H2,1-3H3;4-6,15H,1-3H3;1-2,5H,3-4H2;4H,1-2H2;3H,2H2,1H3. The van der Waals surface area contributed by atoms with Crippen LogP contribution in [0.3, 0.4) is 0 Å². The minimum absolute atomic E-state index is 0.0288. The lowest BCUT2D eigenvalue weighted by molar-refractivity contribution is -0.385. The number of halogens is 6. The largest absolute Gasteiger partial charge is 0.586 e. The fourth-order valence-electron chi connectivity index (χ4n) is 13.9. The summed E-state index contributed by atoms with van der Waals surface area (Å²) in [5, 5.41) is 105. The number of benzene rings is 6. The number of Topliss-reactive ketones (excluding diaryl/α,β-unsaturated/α-hetero) is 1. The number of H-pyrrole nitrogens is 1. The number of hydrogen-bond acceptors (Lipinski definition) is 20. The van der Waals surface area contributed by atoms with Crippen molar-refractivity contribution in [3.8, 4) is 47.3 Å². The summed E-state index contributed by atoms with van der Waals surface area (Å²) in [6.07, 6.45) is -4.82. The molecule has 0 radical (unpaired) electrons. The molecule has 14 rings (SSSR count). The molecule has 0 spiro atoms. The van der Waals surface area contributed by atoms with Crippen LogP contribution < -0.4 is 24.7 Å². The lowest BCUT2D eigenvalue weighted by atomic mass is 9.86. The fourth-order valence-corrected chi connectivity index (χ4v) is 14.2. The zero-order valence-corrected chi connectivity index (χ0v) is 69.9. The van der Waals surface area contributed by atoms with Gasteiger partial charge in [-0.3, -0.25) is 29.8 Å². The second kappa shape index (κ2) is 36.3. The molecule has 0 bridgehead atoms. The van der Waals surface area contributed by atoms with Crippen molar-refractivity contribution in [2.24, 2.45) is 0 Å². The minimum atomic E-state index is -3.71. The average Bonchev–Trinajstić information content (AvgIpc) is 1.60. The molecule has 2 fully saturated rings. The molecule has 117 heavy (non-hydrogen) atoms. The molecule has 8 N–H and O–H groups in total. The highest BCUT2D eigenvalue weighted by atomic mass is 127. The minimum Gasteiger partial charge on any atom is -0.398 e. The van der Waals surface area contributed by atoms with E-state index < -0.39 is 38.5 Å². The Morgan fingerprint density at radius 2 is 0.880 bits per heavy atom. The van der Waals surface area contributed by atoms with Crippen LogP contribution in [0.2, 0.25) is 0 Å². The van der Waals surface area contributed by atoms with E-state index in [4.69, 9.17) is 32.8 Å². The van der Waals surface area contributed by atoms with Gasteiger partial charge in [0.1, 0.15) is 41.2 Å². The number of aromatic nitrogens is 4. The molecule has 2 aliphatic heterocycles. The molecule has 4 aliphatic rings. The van der Waals surface area contributed by atoms with Gasteiger partial charge in [0.05, 0.1) is 69.4 Å². The zero-order chi connectivity index (χ0) is 87.0. The van der Waals surface area contributed by atoms with Crippen LogP contribution in [0.5, 0.6) is 23.0 Å². The number of ketones is 1. The topological polar surface area (TPSA) is 410 Å². The number of carbonyl (C=O) groups excluding carboxylic acids is 2. The van der Waals surface area contributed by atoms with Gasteiger partial charge in [0.15, 0.2) is 23.0 Å². The summed E-state index contributed by atoms with van der Waals surface area (Å²) in [6.45, 7) is 28.3. The maximum atomic E-state index is 13.5. The number of aliphatic hydroxyl groups is 5. The van der Waals surface area contributed by atoms with Crippen molar-refractivity contribution in [2.45, 2.75) is 187 Å². The number of nitriles is 4. The van der Waals surface area contributed by atoms with Gasteiger partial charge in [-0.1, -0.05) is 124 Å². The Morgan fingerprint density at radius 1 is 0.521 bits per heavy atom. The lowest BCUT2D eigenvalue weighted by Crippen LogP contribution is -2.26.